The van der Waals surface area contributed by atoms with E-state index in [1.165, 1.54) is 6.07 Å². The summed E-state index contributed by atoms with van der Waals surface area (Å²) in [5.41, 5.74) is 0.726. The Bertz CT molecular complexity index is 374. The Morgan fingerprint density at radius 3 is 2.88 bits per heavy atom. The molecule has 1 aromatic carbocycles. The van der Waals surface area contributed by atoms with E-state index in [-0.39, 0.29) is 0 Å². The molecule has 0 aliphatic heterocycles. The van der Waals surface area contributed by atoms with Crippen LogP contribution in [0.1, 0.15) is 18.9 Å². The van der Waals surface area contributed by atoms with Gasteiger partial charge in [-0.1, -0.05) is 6.92 Å². The molecule has 4 heteroatoms. The first kappa shape index (κ1) is 12.5. The molecule has 1 aromatic rings. The normalized spacial score (nSPS) is 9.81. The molecule has 0 aliphatic carbocycles. The van der Waals surface area contributed by atoms with Crippen molar-refractivity contribution in [1.82, 2.24) is 0 Å². The highest BCUT2D eigenvalue weighted by Crippen LogP contribution is 2.14. The van der Waals surface area contributed by atoms with Crippen LogP contribution >= 0.6 is 0 Å². The molecule has 0 spiro atoms. The Labute approximate surface area is 94.8 Å². The monoisotopic (exact) mass is 222 g/mol. The predicted molar refractivity (Wildman–Crippen MR) is 60.7 cm³/mol. The minimum Gasteiger partial charge on any atom is -0.380 e. The van der Waals surface area contributed by atoms with Crippen molar-refractivity contribution in [2.24, 2.45) is 0 Å². The summed E-state index contributed by atoms with van der Waals surface area (Å²) in [6.07, 6.45) is 0.977. The van der Waals surface area contributed by atoms with Gasteiger partial charge in [-0.25, -0.2) is 4.39 Å². The van der Waals surface area contributed by atoms with E-state index in [1.54, 1.807) is 12.1 Å². The third-order valence-electron chi connectivity index (χ3n) is 2.01. The van der Waals surface area contributed by atoms with Crippen molar-refractivity contribution < 1.29 is 9.13 Å². The molecule has 1 N–H and O–H groups in total. The molecule has 0 amide bonds. The standard InChI is InChI=1S/C12H15FN2O/c1-2-6-16-7-5-15-12-4-3-10(9-14)8-11(12)13/h3-4,8,15H,2,5-7H2,1H3. The molecular weight excluding hydrogens is 207 g/mol. The van der Waals surface area contributed by atoms with E-state index in [9.17, 15) is 4.39 Å². The van der Waals surface area contributed by atoms with E-state index in [0.717, 1.165) is 13.0 Å². The van der Waals surface area contributed by atoms with Crippen LogP contribution in [-0.4, -0.2) is 19.8 Å². The van der Waals surface area contributed by atoms with Crippen LogP contribution < -0.4 is 5.32 Å². The zero-order chi connectivity index (χ0) is 11.8. The smallest absolute Gasteiger partial charge is 0.147 e. The molecule has 3 nitrogen and oxygen atoms in total. The summed E-state index contributed by atoms with van der Waals surface area (Å²) in [6, 6.07) is 6.25. The predicted octanol–water partition coefficient (Wildman–Crippen LogP) is 2.54. The Morgan fingerprint density at radius 2 is 2.25 bits per heavy atom. The second kappa shape index (κ2) is 6.81. The highest BCUT2D eigenvalue weighted by molar-refractivity contribution is 5.48. The summed E-state index contributed by atoms with van der Waals surface area (Å²) in [5.74, 6) is -0.408. The molecule has 0 fully saturated rings. The number of anilines is 1. The van der Waals surface area contributed by atoms with Gasteiger partial charge in [0, 0.05) is 13.2 Å². The van der Waals surface area contributed by atoms with Crippen molar-refractivity contribution in [3.8, 4) is 6.07 Å². The Hall–Kier alpha value is -1.60. The van der Waals surface area contributed by atoms with E-state index < -0.39 is 5.82 Å². The number of hydrogen-bond acceptors (Lipinski definition) is 3. The molecule has 0 aromatic heterocycles. The number of halogens is 1. The number of nitriles is 1. The van der Waals surface area contributed by atoms with Gasteiger partial charge >= 0.3 is 0 Å². The molecule has 0 unspecified atom stereocenters. The van der Waals surface area contributed by atoms with Crippen LogP contribution in [0.15, 0.2) is 18.2 Å². The fourth-order valence-corrected chi connectivity index (χ4v) is 1.23. The lowest BCUT2D eigenvalue weighted by molar-refractivity contribution is 0.144. The quantitative estimate of drug-likeness (QED) is 0.752. The molecule has 0 saturated carbocycles. The first-order valence-electron chi connectivity index (χ1n) is 5.29. The molecule has 1 rings (SSSR count). The van der Waals surface area contributed by atoms with Crippen LogP contribution in [0.3, 0.4) is 0 Å². The minimum atomic E-state index is -0.408. The third kappa shape index (κ3) is 3.87. The van der Waals surface area contributed by atoms with Crippen LogP contribution in [0.2, 0.25) is 0 Å². The first-order chi connectivity index (χ1) is 7.77. The lowest BCUT2D eigenvalue weighted by atomic mass is 10.2. The maximum absolute atomic E-state index is 13.4. The summed E-state index contributed by atoms with van der Waals surface area (Å²) < 4.78 is 18.6. The van der Waals surface area contributed by atoms with Gasteiger partial charge in [-0.2, -0.15) is 5.26 Å². The molecule has 0 heterocycles. The van der Waals surface area contributed by atoms with Gasteiger partial charge in [0.05, 0.1) is 23.9 Å². The molecule has 86 valence electrons. The lowest BCUT2D eigenvalue weighted by Crippen LogP contribution is -2.10. The van der Waals surface area contributed by atoms with Crippen molar-refractivity contribution in [3.63, 3.8) is 0 Å². The number of rotatable bonds is 6. The second-order valence-corrected chi connectivity index (χ2v) is 3.35. The zero-order valence-corrected chi connectivity index (χ0v) is 9.29. The summed E-state index contributed by atoms with van der Waals surface area (Å²) in [4.78, 5) is 0. The van der Waals surface area contributed by atoms with Crippen molar-refractivity contribution in [1.29, 1.82) is 5.26 Å². The van der Waals surface area contributed by atoms with Crippen molar-refractivity contribution in [2.75, 3.05) is 25.1 Å². The van der Waals surface area contributed by atoms with Crippen LogP contribution in [-0.2, 0) is 4.74 Å². The van der Waals surface area contributed by atoms with Crippen molar-refractivity contribution in [2.45, 2.75) is 13.3 Å². The number of ether oxygens (including phenoxy) is 1. The van der Waals surface area contributed by atoms with Crippen LogP contribution in [0, 0.1) is 17.1 Å². The maximum Gasteiger partial charge on any atom is 0.147 e. The average Bonchev–Trinajstić information content (AvgIpc) is 2.30. The lowest BCUT2D eigenvalue weighted by Gasteiger charge is -2.07. The van der Waals surface area contributed by atoms with Crippen molar-refractivity contribution in [3.05, 3.63) is 29.6 Å². The average molecular weight is 222 g/mol. The van der Waals surface area contributed by atoms with Crippen LogP contribution in [0.25, 0.3) is 0 Å². The van der Waals surface area contributed by atoms with Crippen LogP contribution in [0.5, 0.6) is 0 Å². The minimum absolute atomic E-state index is 0.324. The molecule has 0 saturated heterocycles. The van der Waals surface area contributed by atoms with Crippen molar-refractivity contribution >= 4 is 5.69 Å². The second-order valence-electron chi connectivity index (χ2n) is 3.35. The van der Waals surface area contributed by atoms with Gasteiger partial charge in [-0.3, -0.25) is 0 Å². The molecule has 0 aliphatic rings. The van der Waals surface area contributed by atoms with E-state index in [1.807, 2.05) is 13.0 Å². The number of benzene rings is 1. The Kier molecular flexibility index (Phi) is 5.30. The van der Waals surface area contributed by atoms with E-state index >= 15 is 0 Å². The number of nitrogens with one attached hydrogen (secondary N) is 1. The van der Waals surface area contributed by atoms with Crippen LogP contribution in [0.4, 0.5) is 10.1 Å². The fourth-order valence-electron chi connectivity index (χ4n) is 1.23. The SMILES string of the molecule is CCCOCCNc1ccc(C#N)cc1F. The van der Waals surface area contributed by atoms with Gasteiger partial charge in [0.1, 0.15) is 5.82 Å². The molecule has 0 atom stereocenters. The largest absolute Gasteiger partial charge is 0.380 e. The highest BCUT2D eigenvalue weighted by Gasteiger charge is 2.02. The van der Waals surface area contributed by atoms with Gasteiger partial charge in [0.2, 0.25) is 0 Å². The number of nitrogens with zero attached hydrogens (tertiary/aromatic N) is 1. The van der Waals surface area contributed by atoms with Gasteiger partial charge in [-0.15, -0.1) is 0 Å². The van der Waals surface area contributed by atoms with E-state index in [2.05, 4.69) is 5.32 Å². The van der Waals surface area contributed by atoms with Gasteiger partial charge in [0.15, 0.2) is 0 Å². The summed E-state index contributed by atoms with van der Waals surface area (Å²) >= 11 is 0. The third-order valence-corrected chi connectivity index (χ3v) is 2.01. The zero-order valence-electron chi connectivity index (χ0n) is 9.29. The summed E-state index contributed by atoms with van der Waals surface area (Å²) in [5, 5.41) is 11.5. The number of hydrogen-bond donors (Lipinski definition) is 1. The van der Waals surface area contributed by atoms with Gasteiger partial charge in [0.25, 0.3) is 0 Å². The Balaban J connectivity index is 2.40. The summed E-state index contributed by atoms with van der Waals surface area (Å²) in [6.45, 7) is 3.86. The maximum atomic E-state index is 13.4. The Morgan fingerprint density at radius 1 is 1.44 bits per heavy atom. The summed E-state index contributed by atoms with van der Waals surface area (Å²) in [7, 11) is 0. The molecule has 0 radical (unpaired) electrons. The first-order valence-corrected chi connectivity index (χ1v) is 5.29. The topological polar surface area (TPSA) is 45.0 Å². The molecule has 0 bridgehead atoms. The molecule has 16 heavy (non-hydrogen) atoms. The van der Waals surface area contributed by atoms with E-state index in [0.29, 0.717) is 24.4 Å². The van der Waals surface area contributed by atoms with E-state index in [4.69, 9.17) is 10.00 Å². The highest BCUT2D eigenvalue weighted by atomic mass is 19.1. The van der Waals surface area contributed by atoms with Gasteiger partial charge < -0.3 is 10.1 Å². The fraction of sp³-hybridized carbons (Fsp3) is 0.417. The molecular formula is C12H15FN2O. The van der Waals surface area contributed by atoms with Gasteiger partial charge in [-0.05, 0) is 24.6 Å².